The van der Waals surface area contributed by atoms with Gasteiger partial charge in [0, 0.05) is 6.54 Å². The fourth-order valence-corrected chi connectivity index (χ4v) is 1.33. The molecule has 2 fully saturated rings. The summed E-state index contributed by atoms with van der Waals surface area (Å²) in [4.78, 5) is 11.3. The van der Waals surface area contributed by atoms with E-state index < -0.39 is 0 Å². The van der Waals surface area contributed by atoms with Gasteiger partial charge in [-0.2, -0.15) is 0 Å². The lowest BCUT2D eigenvalue weighted by Crippen LogP contribution is -2.53. The Kier molecular flexibility index (Phi) is 1.83. The number of amides is 1. The standard InChI is InChI=1S/C9H16N2O/c1-9(3-4-9)6-11-8(12)7-2-5-10-7/h7,10H,2-6H2,1H3,(H,11,12)/t7-/m1/s1. The van der Waals surface area contributed by atoms with E-state index in [0.717, 1.165) is 19.5 Å². The quantitative estimate of drug-likeness (QED) is 0.635. The Morgan fingerprint density at radius 1 is 1.67 bits per heavy atom. The monoisotopic (exact) mass is 168 g/mol. The van der Waals surface area contributed by atoms with Crippen LogP contribution in [0.5, 0.6) is 0 Å². The summed E-state index contributed by atoms with van der Waals surface area (Å²) >= 11 is 0. The predicted molar refractivity (Wildman–Crippen MR) is 46.8 cm³/mol. The smallest absolute Gasteiger partial charge is 0.237 e. The van der Waals surface area contributed by atoms with Gasteiger partial charge in [0.25, 0.3) is 0 Å². The minimum atomic E-state index is 0.104. The highest BCUT2D eigenvalue weighted by Crippen LogP contribution is 2.44. The first-order valence-corrected chi connectivity index (χ1v) is 4.71. The summed E-state index contributed by atoms with van der Waals surface area (Å²) < 4.78 is 0. The molecule has 1 saturated carbocycles. The first-order valence-electron chi connectivity index (χ1n) is 4.71. The molecule has 68 valence electrons. The lowest BCUT2D eigenvalue weighted by Gasteiger charge is -2.26. The molecule has 0 radical (unpaired) electrons. The Hall–Kier alpha value is -0.570. The topological polar surface area (TPSA) is 41.1 Å². The molecule has 1 saturated heterocycles. The molecule has 1 atom stereocenters. The van der Waals surface area contributed by atoms with Crippen molar-refractivity contribution >= 4 is 5.91 Å². The van der Waals surface area contributed by atoms with Crippen LogP contribution in [0.25, 0.3) is 0 Å². The summed E-state index contributed by atoms with van der Waals surface area (Å²) in [6.45, 7) is 4.08. The number of nitrogens with one attached hydrogen (secondary N) is 2. The Balaban J connectivity index is 1.68. The molecule has 12 heavy (non-hydrogen) atoms. The van der Waals surface area contributed by atoms with Crippen molar-refractivity contribution in [3.05, 3.63) is 0 Å². The van der Waals surface area contributed by atoms with Crippen molar-refractivity contribution in [3.8, 4) is 0 Å². The van der Waals surface area contributed by atoms with E-state index in [1.54, 1.807) is 0 Å². The second kappa shape index (κ2) is 2.73. The zero-order valence-electron chi connectivity index (χ0n) is 7.52. The van der Waals surface area contributed by atoms with Gasteiger partial charge in [-0.15, -0.1) is 0 Å². The number of hydrogen-bond acceptors (Lipinski definition) is 2. The maximum absolute atomic E-state index is 11.3. The van der Waals surface area contributed by atoms with Gasteiger partial charge in [-0.1, -0.05) is 6.92 Å². The zero-order chi connectivity index (χ0) is 8.60. The van der Waals surface area contributed by atoms with Gasteiger partial charge in [-0.05, 0) is 31.2 Å². The van der Waals surface area contributed by atoms with Crippen LogP contribution >= 0.6 is 0 Å². The number of carbonyl (C=O) groups is 1. The van der Waals surface area contributed by atoms with Crippen LogP contribution in [0.3, 0.4) is 0 Å². The lowest BCUT2D eigenvalue weighted by molar-refractivity contribution is -0.124. The third kappa shape index (κ3) is 1.61. The summed E-state index contributed by atoms with van der Waals surface area (Å²) in [5.41, 5.74) is 0.430. The SMILES string of the molecule is CC1(CNC(=O)[C@H]2CCN2)CC1. The molecule has 1 aliphatic carbocycles. The Bertz CT molecular complexity index is 195. The van der Waals surface area contributed by atoms with Crippen LogP contribution in [0, 0.1) is 5.41 Å². The molecule has 2 N–H and O–H groups in total. The molecule has 0 aromatic carbocycles. The molecule has 0 bridgehead atoms. The fraction of sp³-hybridized carbons (Fsp3) is 0.889. The molecule has 3 nitrogen and oxygen atoms in total. The molecule has 1 heterocycles. The van der Waals surface area contributed by atoms with Crippen molar-refractivity contribution in [1.29, 1.82) is 0 Å². The third-order valence-electron chi connectivity index (χ3n) is 2.93. The molecule has 0 aromatic rings. The van der Waals surface area contributed by atoms with Gasteiger partial charge in [0.05, 0.1) is 6.04 Å². The summed E-state index contributed by atoms with van der Waals surface area (Å²) in [5, 5.41) is 6.08. The fourth-order valence-electron chi connectivity index (χ4n) is 1.33. The van der Waals surface area contributed by atoms with Gasteiger partial charge in [0.15, 0.2) is 0 Å². The first kappa shape index (κ1) is 8.05. The van der Waals surface area contributed by atoms with E-state index in [9.17, 15) is 4.79 Å². The Labute approximate surface area is 72.9 Å². The number of hydrogen-bond donors (Lipinski definition) is 2. The number of carbonyl (C=O) groups excluding carboxylic acids is 1. The van der Waals surface area contributed by atoms with Crippen LogP contribution in [-0.4, -0.2) is 25.0 Å². The van der Waals surface area contributed by atoms with E-state index in [1.165, 1.54) is 12.8 Å². The van der Waals surface area contributed by atoms with Crippen LogP contribution in [-0.2, 0) is 4.79 Å². The van der Waals surface area contributed by atoms with Gasteiger partial charge < -0.3 is 10.6 Å². The van der Waals surface area contributed by atoms with Crippen molar-refractivity contribution < 1.29 is 4.79 Å². The zero-order valence-corrected chi connectivity index (χ0v) is 7.52. The molecule has 1 amide bonds. The third-order valence-corrected chi connectivity index (χ3v) is 2.93. The van der Waals surface area contributed by atoms with Crippen molar-refractivity contribution in [1.82, 2.24) is 10.6 Å². The maximum Gasteiger partial charge on any atom is 0.237 e. The van der Waals surface area contributed by atoms with E-state index in [0.29, 0.717) is 5.41 Å². The van der Waals surface area contributed by atoms with Gasteiger partial charge in [-0.25, -0.2) is 0 Å². The second-order valence-corrected chi connectivity index (χ2v) is 4.32. The van der Waals surface area contributed by atoms with Crippen LogP contribution in [0.1, 0.15) is 26.2 Å². The summed E-state index contributed by atoms with van der Waals surface area (Å²) in [5.74, 6) is 0.189. The van der Waals surface area contributed by atoms with Crippen molar-refractivity contribution in [2.75, 3.05) is 13.1 Å². The van der Waals surface area contributed by atoms with Gasteiger partial charge in [0.1, 0.15) is 0 Å². The summed E-state index contributed by atoms with van der Waals surface area (Å²) in [7, 11) is 0. The van der Waals surface area contributed by atoms with Crippen LogP contribution in [0.2, 0.25) is 0 Å². The highest BCUT2D eigenvalue weighted by atomic mass is 16.2. The van der Waals surface area contributed by atoms with E-state index in [-0.39, 0.29) is 11.9 Å². The predicted octanol–water partition coefficient (Wildman–Crippen LogP) is 0.265. The molecule has 0 spiro atoms. The lowest BCUT2D eigenvalue weighted by atomic mass is 10.1. The van der Waals surface area contributed by atoms with E-state index >= 15 is 0 Å². The van der Waals surface area contributed by atoms with E-state index in [1.807, 2.05) is 0 Å². The first-order chi connectivity index (χ1) is 5.70. The molecule has 1 aliphatic heterocycles. The van der Waals surface area contributed by atoms with Crippen LogP contribution in [0.4, 0.5) is 0 Å². The van der Waals surface area contributed by atoms with Gasteiger partial charge in [-0.3, -0.25) is 4.79 Å². The molecule has 0 unspecified atom stereocenters. The van der Waals surface area contributed by atoms with Gasteiger partial charge in [0.2, 0.25) is 5.91 Å². The normalized spacial score (nSPS) is 30.6. The minimum Gasteiger partial charge on any atom is -0.354 e. The average Bonchev–Trinajstić information content (AvgIpc) is 2.62. The molecular weight excluding hydrogens is 152 g/mol. The molecule has 0 aromatic heterocycles. The largest absolute Gasteiger partial charge is 0.354 e. The average molecular weight is 168 g/mol. The highest BCUT2D eigenvalue weighted by Gasteiger charge is 2.38. The highest BCUT2D eigenvalue weighted by molar-refractivity contribution is 5.82. The van der Waals surface area contributed by atoms with Crippen molar-refractivity contribution in [3.63, 3.8) is 0 Å². The number of rotatable bonds is 3. The van der Waals surface area contributed by atoms with Crippen molar-refractivity contribution in [2.45, 2.75) is 32.2 Å². The molecule has 2 aliphatic rings. The summed E-state index contributed by atoms with van der Waals surface area (Å²) in [6, 6.07) is 0.104. The second-order valence-electron chi connectivity index (χ2n) is 4.32. The van der Waals surface area contributed by atoms with E-state index in [4.69, 9.17) is 0 Å². The van der Waals surface area contributed by atoms with E-state index in [2.05, 4.69) is 17.6 Å². The minimum absolute atomic E-state index is 0.104. The van der Waals surface area contributed by atoms with Crippen LogP contribution in [0.15, 0.2) is 0 Å². The Morgan fingerprint density at radius 3 is 2.75 bits per heavy atom. The van der Waals surface area contributed by atoms with Crippen molar-refractivity contribution in [2.24, 2.45) is 5.41 Å². The molecule has 2 rings (SSSR count). The summed E-state index contributed by atoms with van der Waals surface area (Å²) in [6.07, 6.45) is 3.54. The van der Waals surface area contributed by atoms with Gasteiger partial charge >= 0.3 is 0 Å². The van der Waals surface area contributed by atoms with Crippen LogP contribution < -0.4 is 10.6 Å². The molecule has 3 heteroatoms. The Morgan fingerprint density at radius 2 is 2.33 bits per heavy atom. The maximum atomic E-state index is 11.3. The molecular formula is C9H16N2O.